The maximum atomic E-state index is 3.88. The summed E-state index contributed by atoms with van der Waals surface area (Å²) in [5, 5.41) is 0. The summed E-state index contributed by atoms with van der Waals surface area (Å²) < 4.78 is 0. The van der Waals surface area contributed by atoms with Crippen LogP contribution in [-0.4, -0.2) is 0 Å². The van der Waals surface area contributed by atoms with Crippen molar-refractivity contribution in [1.82, 2.24) is 0 Å². The molecule has 0 bridgehead atoms. The number of rotatable bonds is 3. The number of hydrogen-bond acceptors (Lipinski definition) is 0. The molecule has 0 nitrogen and oxygen atoms in total. The van der Waals surface area contributed by atoms with Gasteiger partial charge in [0.1, 0.15) is 0 Å². The third kappa shape index (κ3) is 3.37. The van der Waals surface area contributed by atoms with E-state index in [2.05, 4.69) is 39.5 Å². The molecule has 0 aromatic carbocycles. The smallest absolute Gasteiger partial charge is 0.0159 e. The second-order valence-corrected chi connectivity index (χ2v) is 4.80. The molecule has 0 atom stereocenters. The van der Waals surface area contributed by atoms with Gasteiger partial charge in [0.05, 0.1) is 0 Å². The molecular weight excluding hydrogens is 180 g/mol. The van der Waals surface area contributed by atoms with Crippen molar-refractivity contribution in [3.8, 4) is 0 Å². The van der Waals surface area contributed by atoms with Gasteiger partial charge in [-0.05, 0) is 49.7 Å². The predicted molar refractivity (Wildman–Crippen MR) is 68.8 cm³/mol. The fourth-order valence-electron chi connectivity index (χ4n) is 2.46. The largest absolute Gasteiger partial charge is 0.0988 e. The molecular formula is C15H24. The van der Waals surface area contributed by atoms with Gasteiger partial charge in [-0.2, -0.15) is 0 Å². The monoisotopic (exact) mass is 204 g/mol. The first kappa shape index (κ1) is 12.3. The van der Waals surface area contributed by atoms with Crippen LogP contribution in [0, 0.1) is 11.8 Å². The SMILES string of the molecule is C=C/C(C)=C(\C=C/C)C1CCC(C)CC1. The second-order valence-electron chi connectivity index (χ2n) is 4.80. The molecule has 0 aromatic heterocycles. The van der Waals surface area contributed by atoms with Gasteiger partial charge in [0.25, 0.3) is 0 Å². The molecule has 1 fully saturated rings. The van der Waals surface area contributed by atoms with E-state index in [4.69, 9.17) is 0 Å². The Morgan fingerprint density at radius 3 is 2.27 bits per heavy atom. The summed E-state index contributed by atoms with van der Waals surface area (Å²) >= 11 is 0. The molecule has 0 aliphatic heterocycles. The maximum absolute atomic E-state index is 3.88. The third-order valence-corrected chi connectivity index (χ3v) is 3.56. The van der Waals surface area contributed by atoms with Crippen molar-refractivity contribution in [2.24, 2.45) is 11.8 Å². The summed E-state index contributed by atoms with van der Waals surface area (Å²) in [7, 11) is 0. The molecule has 0 heteroatoms. The Balaban J connectivity index is 2.77. The normalized spacial score (nSPS) is 29.0. The molecule has 0 radical (unpaired) electrons. The van der Waals surface area contributed by atoms with Gasteiger partial charge in [-0.25, -0.2) is 0 Å². The first-order valence-corrected chi connectivity index (χ1v) is 6.15. The Labute approximate surface area is 94.8 Å². The lowest BCUT2D eigenvalue weighted by Gasteiger charge is -2.28. The molecule has 0 unspecified atom stereocenters. The van der Waals surface area contributed by atoms with Crippen LogP contribution < -0.4 is 0 Å². The Hall–Kier alpha value is -0.780. The van der Waals surface area contributed by atoms with Gasteiger partial charge in [0.2, 0.25) is 0 Å². The van der Waals surface area contributed by atoms with E-state index < -0.39 is 0 Å². The van der Waals surface area contributed by atoms with E-state index in [-0.39, 0.29) is 0 Å². The lowest BCUT2D eigenvalue weighted by molar-refractivity contribution is 0.322. The maximum Gasteiger partial charge on any atom is -0.0159 e. The van der Waals surface area contributed by atoms with Crippen LogP contribution in [0.15, 0.2) is 36.0 Å². The van der Waals surface area contributed by atoms with Crippen molar-refractivity contribution in [2.45, 2.75) is 46.5 Å². The first-order valence-electron chi connectivity index (χ1n) is 6.15. The second kappa shape index (κ2) is 5.95. The summed E-state index contributed by atoms with van der Waals surface area (Å²) in [5.41, 5.74) is 2.87. The quantitative estimate of drug-likeness (QED) is 0.574. The van der Waals surface area contributed by atoms with Gasteiger partial charge in [-0.15, -0.1) is 0 Å². The summed E-state index contributed by atoms with van der Waals surface area (Å²) in [6.07, 6.45) is 11.9. The molecule has 1 aliphatic rings. The minimum atomic E-state index is 0.774. The third-order valence-electron chi connectivity index (χ3n) is 3.56. The first-order chi connectivity index (χ1) is 7.19. The zero-order chi connectivity index (χ0) is 11.3. The van der Waals surface area contributed by atoms with Gasteiger partial charge in [-0.3, -0.25) is 0 Å². The molecule has 0 heterocycles. The molecule has 1 rings (SSSR count). The van der Waals surface area contributed by atoms with Crippen molar-refractivity contribution < 1.29 is 0 Å². The van der Waals surface area contributed by atoms with E-state index in [1.807, 2.05) is 6.08 Å². The lowest BCUT2D eigenvalue weighted by Crippen LogP contribution is -2.14. The summed E-state index contributed by atoms with van der Waals surface area (Å²) in [6, 6.07) is 0. The van der Waals surface area contributed by atoms with Crippen molar-refractivity contribution in [2.75, 3.05) is 0 Å². The topological polar surface area (TPSA) is 0 Å². The summed E-state index contributed by atoms with van der Waals surface area (Å²) in [5.74, 6) is 1.70. The summed E-state index contributed by atoms with van der Waals surface area (Å²) in [4.78, 5) is 0. The molecule has 15 heavy (non-hydrogen) atoms. The Kier molecular flexibility index (Phi) is 4.87. The average molecular weight is 204 g/mol. The van der Waals surface area contributed by atoms with Crippen LogP contribution in [0.4, 0.5) is 0 Å². The fourth-order valence-corrected chi connectivity index (χ4v) is 2.46. The van der Waals surface area contributed by atoms with Crippen LogP contribution in [0.25, 0.3) is 0 Å². The Morgan fingerprint density at radius 1 is 1.20 bits per heavy atom. The van der Waals surface area contributed by atoms with Crippen LogP contribution in [0.1, 0.15) is 46.5 Å². The Bertz CT molecular complexity index is 260. The number of hydrogen-bond donors (Lipinski definition) is 0. The van der Waals surface area contributed by atoms with Gasteiger partial charge >= 0.3 is 0 Å². The average Bonchev–Trinajstić information content (AvgIpc) is 2.26. The van der Waals surface area contributed by atoms with Crippen molar-refractivity contribution in [3.05, 3.63) is 36.0 Å². The molecule has 0 spiro atoms. The van der Waals surface area contributed by atoms with E-state index in [1.165, 1.54) is 36.8 Å². The highest BCUT2D eigenvalue weighted by molar-refractivity contribution is 5.32. The zero-order valence-electron chi connectivity index (χ0n) is 10.4. The van der Waals surface area contributed by atoms with Crippen molar-refractivity contribution in [1.29, 1.82) is 0 Å². The molecule has 1 aliphatic carbocycles. The molecule has 0 amide bonds. The van der Waals surface area contributed by atoms with E-state index in [1.54, 1.807) is 0 Å². The lowest BCUT2D eigenvalue weighted by atomic mass is 9.78. The highest BCUT2D eigenvalue weighted by Gasteiger charge is 2.20. The van der Waals surface area contributed by atoms with Crippen molar-refractivity contribution in [3.63, 3.8) is 0 Å². The summed E-state index contributed by atoms with van der Waals surface area (Å²) in [6.45, 7) is 10.5. The van der Waals surface area contributed by atoms with Crippen LogP contribution in [0.2, 0.25) is 0 Å². The highest BCUT2D eigenvalue weighted by atomic mass is 14.3. The minimum absolute atomic E-state index is 0.774. The number of allylic oxidation sites excluding steroid dienone is 5. The predicted octanol–water partition coefficient (Wildman–Crippen LogP) is 4.89. The fraction of sp³-hybridized carbons (Fsp3) is 0.600. The van der Waals surface area contributed by atoms with E-state index in [0.29, 0.717) is 0 Å². The van der Waals surface area contributed by atoms with Gasteiger partial charge in [0, 0.05) is 0 Å². The zero-order valence-corrected chi connectivity index (χ0v) is 10.4. The standard InChI is InChI=1S/C15H24/c1-5-7-15(13(4)6-2)14-10-8-12(3)9-11-14/h5-7,12,14H,2,8-11H2,1,3-4H3/b7-5-,15-13+. The van der Waals surface area contributed by atoms with Gasteiger partial charge in [0.15, 0.2) is 0 Å². The molecule has 0 aromatic rings. The van der Waals surface area contributed by atoms with Gasteiger partial charge in [-0.1, -0.05) is 44.6 Å². The molecule has 0 N–H and O–H groups in total. The van der Waals surface area contributed by atoms with Crippen LogP contribution in [0.5, 0.6) is 0 Å². The van der Waals surface area contributed by atoms with Crippen LogP contribution >= 0.6 is 0 Å². The van der Waals surface area contributed by atoms with E-state index in [0.717, 1.165) is 11.8 Å². The van der Waals surface area contributed by atoms with Crippen LogP contribution in [-0.2, 0) is 0 Å². The molecule has 0 saturated heterocycles. The molecule has 84 valence electrons. The molecule has 1 saturated carbocycles. The van der Waals surface area contributed by atoms with Crippen molar-refractivity contribution >= 4 is 0 Å². The van der Waals surface area contributed by atoms with Crippen LogP contribution in [0.3, 0.4) is 0 Å². The highest BCUT2D eigenvalue weighted by Crippen LogP contribution is 2.34. The van der Waals surface area contributed by atoms with E-state index >= 15 is 0 Å². The van der Waals surface area contributed by atoms with Gasteiger partial charge < -0.3 is 0 Å². The van der Waals surface area contributed by atoms with E-state index in [9.17, 15) is 0 Å². The minimum Gasteiger partial charge on any atom is -0.0988 e. The Morgan fingerprint density at radius 2 is 1.80 bits per heavy atom.